The minimum atomic E-state index is -0.319. The molecule has 0 unspecified atom stereocenters. The molecule has 0 heterocycles. The Balaban J connectivity index is 2.75. The van der Waals surface area contributed by atoms with Gasteiger partial charge in [0.25, 0.3) is 0 Å². The third-order valence-electron chi connectivity index (χ3n) is 2.05. The van der Waals surface area contributed by atoms with E-state index in [1.54, 1.807) is 20.3 Å². The van der Waals surface area contributed by atoms with Gasteiger partial charge < -0.3 is 14.6 Å². The second kappa shape index (κ2) is 6.35. The van der Waals surface area contributed by atoms with Crippen LogP contribution < -0.4 is 0 Å². The highest BCUT2D eigenvalue weighted by Gasteiger charge is 2.07. The topological polar surface area (TPSA) is 38.7 Å². The summed E-state index contributed by atoms with van der Waals surface area (Å²) >= 11 is 0. The Morgan fingerprint density at radius 3 is 2.27 bits per heavy atom. The lowest BCUT2D eigenvalue weighted by Crippen LogP contribution is -2.02. The number of hydrogen-bond acceptors (Lipinski definition) is 3. The first kappa shape index (κ1) is 11.9. The number of methoxy groups -OCH3 is 2. The van der Waals surface area contributed by atoms with Crippen LogP contribution in [-0.2, 0) is 9.47 Å². The van der Waals surface area contributed by atoms with Gasteiger partial charge in [0.2, 0.25) is 0 Å². The van der Waals surface area contributed by atoms with Crippen LogP contribution in [0, 0.1) is 0 Å². The largest absolute Gasteiger partial charge is 0.392 e. The lowest BCUT2D eigenvalue weighted by molar-refractivity contribution is -0.106. The van der Waals surface area contributed by atoms with Gasteiger partial charge in [-0.25, -0.2) is 0 Å². The molecule has 0 aromatic heterocycles. The second-order valence-electron chi connectivity index (χ2n) is 3.05. The lowest BCUT2D eigenvalue weighted by Gasteiger charge is -2.13. The van der Waals surface area contributed by atoms with Crippen LogP contribution in [0.1, 0.15) is 17.4 Å². The van der Waals surface area contributed by atoms with Crippen LogP contribution in [-0.4, -0.2) is 25.9 Å². The molecule has 3 heteroatoms. The molecule has 1 rings (SSSR count). The van der Waals surface area contributed by atoms with Crippen LogP contribution in [0.15, 0.2) is 30.3 Å². The first-order valence-corrected chi connectivity index (χ1v) is 4.74. The van der Waals surface area contributed by atoms with E-state index >= 15 is 0 Å². The molecule has 0 aliphatic heterocycles. The Kier molecular flexibility index (Phi) is 5.04. The number of benzene rings is 1. The van der Waals surface area contributed by atoms with Crippen molar-refractivity contribution >= 4 is 6.08 Å². The van der Waals surface area contributed by atoms with Crippen molar-refractivity contribution < 1.29 is 14.6 Å². The quantitative estimate of drug-likeness (QED) is 0.752. The molecule has 0 aliphatic carbocycles. The van der Waals surface area contributed by atoms with Crippen LogP contribution in [0.25, 0.3) is 6.08 Å². The van der Waals surface area contributed by atoms with E-state index in [0.29, 0.717) is 0 Å². The molecule has 15 heavy (non-hydrogen) atoms. The Labute approximate surface area is 90.0 Å². The predicted molar refractivity (Wildman–Crippen MR) is 59.3 cm³/mol. The highest BCUT2D eigenvalue weighted by Crippen LogP contribution is 2.17. The van der Waals surface area contributed by atoms with Gasteiger partial charge in [-0.2, -0.15) is 0 Å². The monoisotopic (exact) mass is 208 g/mol. The fourth-order valence-corrected chi connectivity index (χ4v) is 1.32. The average Bonchev–Trinajstić information content (AvgIpc) is 2.29. The van der Waals surface area contributed by atoms with Gasteiger partial charge in [-0.15, -0.1) is 0 Å². The van der Waals surface area contributed by atoms with Crippen molar-refractivity contribution in [2.75, 3.05) is 20.8 Å². The predicted octanol–water partition coefficient (Wildman–Crippen LogP) is 1.98. The van der Waals surface area contributed by atoms with E-state index in [-0.39, 0.29) is 12.9 Å². The number of hydrogen-bond donors (Lipinski definition) is 1. The first-order chi connectivity index (χ1) is 7.31. The number of aliphatic hydroxyl groups is 1. The number of aliphatic hydroxyl groups excluding tert-OH is 1. The van der Waals surface area contributed by atoms with Crippen LogP contribution in [0.5, 0.6) is 0 Å². The SMILES string of the molecule is COC(OC)c1ccc(/C=C/CO)cc1. The molecule has 1 N–H and O–H groups in total. The molecule has 0 amide bonds. The smallest absolute Gasteiger partial charge is 0.183 e. The van der Waals surface area contributed by atoms with Gasteiger partial charge in [0.15, 0.2) is 6.29 Å². The molecular formula is C12H16O3. The maximum atomic E-state index is 8.62. The molecule has 0 aliphatic rings. The summed E-state index contributed by atoms with van der Waals surface area (Å²) in [5.41, 5.74) is 2.01. The molecule has 1 aromatic carbocycles. The van der Waals surface area contributed by atoms with Crippen molar-refractivity contribution in [3.63, 3.8) is 0 Å². The maximum Gasteiger partial charge on any atom is 0.183 e. The van der Waals surface area contributed by atoms with Crippen LogP contribution in [0.3, 0.4) is 0 Å². The van der Waals surface area contributed by atoms with Gasteiger partial charge in [0.1, 0.15) is 0 Å². The Morgan fingerprint density at radius 1 is 1.20 bits per heavy atom. The van der Waals surface area contributed by atoms with Crippen molar-refractivity contribution in [3.05, 3.63) is 41.5 Å². The van der Waals surface area contributed by atoms with Crippen LogP contribution in [0.2, 0.25) is 0 Å². The van der Waals surface area contributed by atoms with Gasteiger partial charge in [-0.1, -0.05) is 36.4 Å². The fraction of sp³-hybridized carbons (Fsp3) is 0.333. The molecule has 3 nitrogen and oxygen atoms in total. The highest BCUT2D eigenvalue weighted by molar-refractivity contribution is 5.49. The summed E-state index contributed by atoms with van der Waals surface area (Å²) in [6.07, 6.45) is 3.23. The van der Waals surface area contributed by atoms with Crippen molar-refractivity contribution in [2.24, 2.45) is 0 Å². The van der Waals surface area contributed by atoms with E-state index in [1.165, 1.54) is 0 Å². The van der Waals surface area contributed by atoms with Crippen molar-refractivity contribution in [2.45, 2.75) is 6.29 Å². The maximum absolute atomic E-state index is 8.62. The molecule has 82 valence electrons. The summed E-state index contributed by atoms with van der Waals surface area (Å²) in [4.78, 5) is 0. The molecule has 0 atom stereocenters. The van der Waals surface area contributed by atoms with Crippen LogP contribution in [0.4, 0.5) is 0 Å². The van der Waals surface area contributed by atoms with E-state index in [4.69, 9.17) is 14.6 Å². The van der Waals surface area contributed by atoms with Gasteiger partial charge in [-0.05, 0) is 5.56 Å². The zero-order chi connectivity index (χ0) is 11.1. The van der Waals surface area contributed by atoms with Crippen molar-refractivity contribution in [1.82, 2.24) is 0 Å². The summed E-state index contributed by atoms with van der Waals surface area (Å²) in [5.74, 6) is 0. The van der Waals surface area contributed by atoms with Crippen molar-refractivity contribution in [3.8, 4) is 0 Å². The first-order valence-electron chi connectivity index (χ1n) is 4.74. The van der Waals surface area contributed by atoms with Gasteiger partial charge in [0.05, 0.1) is 6.61 Å². The number of rotatable bonds is 5. The Morgan fingerprint density at radius 2 is 1.80 bits per heavy atom. The Bertz CT molecular complexity index is 299. The lowest BCUT2D eigenvalue weighted by atomic mass is 10.1. The third-order valence-corrected chi connectivity index (χ3v) is 2.05. The molecular weight excluding hydrogens is 192 g/mol. The summed E-state index contributed by atoms with van der Waals surface area (Å²) in [6.45, 7) is 0.0561. The summed E-state index contributed by atoms with van der Waals surface area (Å²) in [5, 5.41) is 8.62. The fourth-order valence-electron chi connectivity index (χ4n) is 1.32. The second-order valence-corrected chi connectivity index (χ2v) is 3.05. The molecule has 0 radical (unpaired) electrons. The zero-order valence-electron chi connectivity index (χ0n) is 9.01. The summed E-state index contributed by atoms with van der Waals surface area (Å²) in [7, 11) is 3.21. The van der Waals surface area contributed by atoms with Gasteiger partial charge in [0, 0.05) is 19.8 Å². The van der Waals surface area contributed by atoms with E-state index in [2.05, 4.69) is 0 Å². The van der Waals surface area contributed by atoms with Gasteiger partial charge >= 0.3 is 0 Å². The zero-order valence-corrected chi connectivity index (χ0v) is 9.01. The highest BCUT2D eigenvalue weighted by atomic mass is 16.7. The summed E-state index contributed by atoms with van der Waals surface area (Å²) < 4.78 is 10.3. The van der Waals surface area contributed by atoms with E-state index < -0.39 is 0 Å². The van der Waals surface area contributed by atoms with Crippen molar-refractivity contribution in [1.29, 1.82) is 0 Å². The molecule has 0 saturated heterocycles. The average molecular weight is 208 g/mol. The van der Waals surface area contributed by atoms with E-state index in [1.807, 2.05) is 30.3 Å². The minimum absolute atomic E-state index is 0.0561. The molecule has 0 spiro atoms. The minimum Gasteiger partial charge on any atom is -0.392 e. The van der Waals surface area contributed by atoms with E-state index in [0.717, 1.165) is 11.1 Å². The van der Waals surface area contributed by atoms with Crippen LogP contribution >= 0.6 is 0 Å². The summed E-state index contributed by atoms with van der Waals surface area (Å²) in [6, 6.07) is 7.78. The van der Waals surface area contributed by atoms with E-state index in [9.17, 15) is 0 Å². The van der Waals surface area contributed by atoms with Gasteiger partial charge in [-0.3, -0.25) is 0 Å². The third kappa shape index (κ3) is 3.47. The number of ether oxygens (including phenoxy) is 2. The standard InChI is InChI=1S/C12H16O3/c1-14-12(15-2)11-7-5-10(6-8-11)4-3-9-13/h3-8,12-13H,9H2,1-2H3/b4-3+. The normalized spacial score (nSPS) is 11.5. The molecule has 1 aromatic rings. The molecule has 0 saturated carbocycles. The molecule has 0 fully saturated rings. The Hall–Kier alpha value is -1.16. The molecule has 0 bridgehead atoms.